The van der Waals surface area contributed by atoms with Gasteiger partial charge in [-0.05, 0) is 26.3 Å². The van der Waals surface area contributed by atoms with Crippen molar-refractivity contribution in [2.24, 2.45) is 5.73 Å². The van der Waals surface area contributed by atoms with Crippen molar-refractivity contribution in [1.82, 2.24) is 4.90 Å². The summed E-state index contributed by atoms with van der Waals surface area (Å²) in [5.41, 5.74) is 5.82. The quantitative estimate of drug-likeness (QED) is 0.747. The molecule has 0 aliphatic carbocycles. The third kappa shape index (κ3) is 2.99. The number of ether oxygens (including phenoxy) is 1. The van der Waals surface area contributed by atoms with Crippen LogP contribution in [-0.4, -0.2) is 63.2 Å². The summed E-state index contributed by atoms with van der Waals surface area (Å²) in [6.07, 6.45) is 3.01. The molecule has 0 aromatic rings. The minimum absolute atomic E-state index is 0.109. The van der Waals surface area contributed by atoms with Gasteiger partial charge < -0.3 is 10.5 Å². The highest BCUT2D eigenvalue weighted by molar-refractivity contribution is 7.91. The lowest BCUT2D eigenvalue weighted by Crippen LogP contribution is -2.51. The number of nitrogens with two attached hydrogens (primary N) is 1. The maximum atomic E-state index is 11.5. The van der Waals surface area contributed by atoms with Gasteiger partial charge in [-0.1, -0.05) is 0 Å². The van der Waals surface area contributed by atoms with E-state index in [9.17, 15) is 8.42 Å². The highest BCUT2D eigenvalue weighted by atomic mass is 32.2. The van der Waals surface area contributed by atoms with E-state index in [1.165, 1.54) is 0 Å². The lowest BCUT2D eigenvalue weighted by atomic mass is 10.0. The standard InChI is InChI=1S/C11H22N2O3S/c1-13(9-4-6-17(14,15)8-9)10(7-12)11-3-2-5-16-11/h9-11H,2-8,12H2,1H3. The van der Waals surface area contributed by atoms with E-state index in [0.717, 1.165) is 25.9 Å². The summed E-state index contributed by atoms with van der Waals surface area (Å²) < 4.78 is 28.6. The molecule has 17 heavy (non-hydrogen) atoms. The van der Waals surface area contributed by atoms with Gasteiger partial charge in [0.25, 0.3) is 0 Å². The maximum Gasteiger partial charge on any atom is 0.151 e. The normalized spacial score (nSPS) is 34.3. The van der Waals surface area contributed by atoms with E-state index in [1.807, 2.05) is 7.05 Å². The summed E-state index contributed by atoms with van der Waals surface area (Å²) in [6.45, 7) is 1.33. The Hall–Kier alpha value is -0.170. The summed E-state index contributed by atoms with van der Waals surface area (Å²) in [5.74, 6) is 0.581. The van der Waals surface area contributed by atoms with Crippen molar-refractivity contribution in [3.8, 4) is 0 Å². The lowest BCUT2D eigenvalue weighted by molar-refractivity contribution is 0.0250. The fourth-order valence-electron chi connectivity index (χ4n) is 2.85. The molecule has 2 aliphatic rings. The molecule has 2 rings (SSSR count). The van der Waals surface area contributed by atoms with Gasteiger partial charge in [0.2, 0.25) is 0 Å². The Morgan fingerprint density at radius 1 is 1.47 bits per heavy atom. The topological polar surface area (TPSA) is 72.6 Å². The second kappa shape index (κ2) is 5.22. The maximum absolute atomic E-state index is 11.5. The predicted molar refractivity (Wildman–Crippen MR) is 66.6 cm³/mol. The van der Waals surface area contributed by atoms with Crippen molar-refractivity contribution in [3.05, 3.63) is 0 Å². The molecule has 0 spiro atoms. The fourth-order valence-corrected chi connectivity index (χ4v) is 4.64. The van der Waals surface area contributed by atoms with Gasteiger partial charge >= 0.3 is 0 Å². The van der Waals surface area contributed by atoms with E-state index < -0.39 is 9.84 Å². The molecule has 0 aromatic carbocycles. The number of rotatable bonds is 4. The number of hydrogen-bond donors (Lipinski definition) is 1. The van der Waals surface area contributed by atoms with Gasteiger partial charge in [-0.25, -0.2) is 8.42 Å². The lowest BCUT2D eigenvalue weighted by Gasteiger charge is -2.35. The highest BCUT2D eigenvalue weighted by Crippen LogP contribution is 2.24. The molecule has 5 nitrogen and oxygen atoms in total. The summed E-state index contributed by atoms with van der Waals surface area (Å²) in [4.78, 5) is 2.13. The summed E-state index contributed by atoms with van der Waals surface area (Å²) in [7, 11) is -0.852. The third-order valence-electron chi connectivity index (χ3n) is 3.94. The average Bonchev–Trinajstić information content (AvgIpc) is 2.88. The second-order valence-corrected chi connectivity index (χ2v) is 7.31. The highest BCUT2D eigenvalue weighted by Gasteiger charge is 2.36. The zero-order valence-corrected chi connectivity index (χ0v) is 11.2. The molecule has 2 saturated heterocycles. The van der Waals surface area contributed by atoms with Crippen molar-refractivity contribution in [3.63, 3.8) is 0 Å². The molecule has 0 saturated carbocycles. The first-order valence-corrected chi connectivity index (χ1v) is 8.09. The van der Waals surface area contributed by atoms with Crippen LogP contribution in [0, 0.1) is 0 Å². The Balaban J connectivity index is 1.99. The minimum atomic E-state index is -2.83. The molecule has 0 amide bonds. The van der Waals surface area contributed by atoms with Crippen LogP contribution in [0.2, 0.25) is 0 Å². The van der Waals surface area contributed by atoms with Gasteiger partial charge in [0.05, 0.1) is 17.6 Å². The van der Waals surface area contributed by atoms with Gasteiger partial charge in [0.15, 0.2) is 9.84 Å². The first-order valence-electron chi connectivity index (χ1n) is 6.27. The van der Waals surface area contributed by atoms with E-state index >= 15 is 0 Å². The Morgan fingerprint density at radius 3 is 2.71 bits per heavy atom. The van der Waals surface area contributed by atoms with E-state index in [1.54, 1.807) is 0 Å². The number of likely N-dealkylation sites (N-methyl/N-ethyl adjacent to an activating group) is 1. The van der Waals surface area contributed by atoms with Crippen molar-refractivity contribution in [2.75, 3.05) is 31.7 Å². The fraction of sp³-hybridized carbons (Fsp3) is 1.00. The predicted octanol–water partition coefficient (Wildman–Crippen LogP) is -0.388. The number of sulfone groups is 1. The van der Waals surface area contributed by atoms with Gasteiger partial charge in [-0.2, -0.15) is 0 Å². The van der Waals surface area contributed by atoms with Gasteiger partial charge in [-0.3, -0.25) is 4.90 Å². The average molecular weight is 262 g/mol. The molecular formula is C11H22N2O3S. The van der Waals surface area contributed by atoms with E-state index in [-0.39, 0.29) is 23.9 Å². The van der Waals surface area contributed by atoms with Crippen molar-refractivity contribution < 1.29 is 13.2 Å². The van der Waals surface area contributed by atoms with Crippen LogP contribution < -0.4 is 5.73 Å². The SMILES string of the molecule is CN(C1CCS(=O)(=O)C1)C(CN)C1CCCO1. The Bertz CT molecular complexity index is 352. The molecule has 2 aliphatic heterocycles. The van der Waals surface area contributed by atoms with Gasteiger partial charge in [0, 0.05) is 25.2 Å². The summed E-state index contributed by atoms with van der Waals surface area (Å²) in [6, 6.07) is 0.258. The van der Waals surface area contributed by atoms with Crippen LogP contribution in [0.15, 0.2) is 0 Å². The summed E-state index contributed by atoms with van der Waals surface area (Å²) in [5, 5.41) is 0. The third-order valence-corrected chi connectivity index (χ3v) is 5.69. The van der Waals surface area contributed by atoms with Crippen LogP contribution in [0.4, 0.5) is 0 Å². The molecule has 2 N–H and O–H groups in total. The first kappa shape index (κ1) is 13.3. The molecular weight excluding hydrogens is 240 g/mol. The van der Waals surface area contributed by atoms with Crippen LogP contribution >= 0.6 is 0 Å². The van der Waals surface area contributed by atoms with E-state index in [0.29, 0.717) is 12.3 Å². The van der Waals surface area contributed by atoms with Crippen molar-refractivity contribution in [2.45, 2.75) is 37.5 Å². The van der Waals surface area contributed by atoms with Gasteiger partial charge in [0.1, 0.15) is 0 Å². The molecule has 2 heterocycles. The largest absolute Gasteiger partial charge is 0.377 e. The van der Waals surface area contributed by atoms with Crippen LogP contribution in [0.25, 0.3) is 0 Å². The molecule has 0 radical (unpaired) electrons. The van der Waals surface area contributed by atoms with Crippen molar-refractivity contribution in [1.29, 1.82) is 0 Å². The van der Waals surface area contributed by atoms with Crippen molar-refractivity contribution >= 4 is 9.84 Å². The molecule has 0 bridgehead atoms. The number of hydrogen-bond acceptors (Lipinski definition) is 5. The Morgan fingerprint density at radius 2 is 2.24 bits per heavy atom. The van der Waals surface area contributed by atoms with E-state index in [2.05, 4.69) is 4.90 Å². The monoisotopic (exact) mass is 262 g/mol. The first-order chi connectivity index (χ1) is 8.03. The summed E-state index contributed by atoms with van der Waals surface area (Å²) >= 11 is 0. The molecule has 3 atom stereocenters. The second-order valence-electron chi connectivity index (χ2n) is 5.08. The Labute approximate surface area is 103 Å². The molecule has 2 fully saturated rings. The zero-order valence-electron chi connectivity index (χ0n) is 10.3. The molecule has 3 unspecified atom stereocenters. The smallest absolute Gasteiger partial charge is 0.151 e. The van der Waals surface area contributed by atoms with E-state index in [4.69, 9.17) is 10.5 Å². The zero-order chi connectivity index (χ0) is 12.5. The minimum Gasteiger partial charge on any atom is -0.377 e. The molecule has 0 aromatic heterocycles. The van der Waals surface area contributed by atoms with Crippen LogP contribution in [0.5, 0.6) is 0 Å². The van der Waals surface area contributed by atoms with Crippen LogP contribution in [0.3, 0.4) is 0 Å². The Kier molecular flexibility index (Phi) is 4.07. The number of nitrogens with zero attached hydrogens (tertiary/aromatic N) is 1. The van der Waals surface area contributed by atoms with Crippen LogP contribution in [-0.2, 0) is 14.6 Å². The molecule has 6 heteroatoms. The van der Waals surface area contributed by atoms with Gasteiger partial charge in [-0.15, -0.1) is 0 Å². The molecule has 100 valence electrons. The van der Waals surface area contributed by atoms with Crippen LogP contribution in [0.1, 0.15) is 19.3 Å².